The summed E-state index contributed by atoms with van der Waals surface area (Å²) >= 11 is 0.671. The van der Waals surface area contributed by atoms with Gasteiger partial charge in [0, 0.05) is 19.1 Å². The quantitative estimate of drug-likeness (QED) is 0.0833. The van der Waals surface area contributed by atoms with E-state index in [-0.39, 0.29) is 39.7 Å². The Morgan fingerprint density at radius 1 is 0.889 bits per heavy atom. The number of imidazole rings is 1. The maximum absolute atomic E-state index is 13.7. The van der Waals surface area contributed by atoms with Crippen LogP contribution in [0.2, 0.25) is 0 Å². The molecule has 0 fully saturated rings. The Bertz CT molecular complexity index is 2070. The van der Waals surface area contributed by atoms with Gasteiger partial charge in [0.1, 0.15) is 41.7 Å². The molecule has 16 heteroatoms. The third-order valence-electron chi connectivity index (χ3n) is 6.27. The average molecular weight is 666 g/mol. The summed E-state index contributed by atoms with van der Waals surface area (Å²) < 4.78 is 113. The Kier molecular flexibility index (Phi) is 7.64. The highest BCUT2D eigenvalue weighted by Gasteiger charge is 2.48. The van der Waals surface area contributed by atoms with Crippen LogP contribution in [0.15, 0.2) is 83.4 Å². The van der Waals surface area contributed by atoms with Crippen molar-refractivity contribution in [2.45, 2.75) is 31.6 Å². The molecule has 6 rings (SSSR count). The van der Waals surface area contributed by atoms with Crippen molar-refractivity contribution in [3.63, 3.8) is 0 Å². The predicted molar refractivity (Wildman–Crippen MR) is 153 cm³/mol. The van der Waals surface area contributed by atoms with Crippen LogP contribution in [0.25, 0.3) is 27.4 Å². The third kappa shape index (κ3) is 6.56. The number of halogens is 5. The van der Waals surface area contributed by atoms with Gasteiger partial charge in [0.15, 0.2) is 10.8 Å². The lowest BCUT2D eigenvalue weighted by molar-refractivity contribution is -0.0500. The molecule has 0 spiro atoms. The monoisotopic (exact) mass is 665 g/mol. The molecule has 0 aliphatic heterocycles. The van der Waals surface area contributed by atoms with Crippen LogP contribution >= 0.6 is 11.3 Å². The van der Waals surface area contributed by atoms with Crippen LogP contribution in [0.4, 0.5) is 22.0 Å². The zero-order valence-electron chi connectivity index (χ0n) is 22.9. The first-order chi connectivity index (χ1) is 21.2. The van der Waals surface area contributed by atoms with Crippen molar-refractivity contribution in [1.29, 1.82) is 0 Å². The molecule has 0 N–H and O–H groups in total. The maximum atomic E-state index is 13.7. The number of furan rings is 1. The van der Waals surface area contributed by atoms with Crippen molar-refractivity contribution in [3.8, 4) is 28.7 Å². The highest BCUT2D eigenvalue weighted by molar-refractivity contribution is 7.88. The first-order valence-electron chi connectivity index (χ1n) is 13.0. The Morgan fingerprint density at radius 3 is 2.33 bits per heavy atom. The van der Waals surface area contributed by atoms with Crippen LogP contribution in [0, 0.1) is 0 Å². The minimum atomic E-state index is -6.01. The van der Waals surface area contributed by atoms with Crippen molar-refractivity contribution in [2.24, 2.45) is 0 Å². The number of fused-ring (bicyclic) bond motifs is 2. The SMILES string of the molecule is CC(F)(F)c1nn2cc(-c3cc4c(OCc5cccc(OCc6ccccc6)c5)cc(OS(=O)(=O)C(F)(F)F)cc4o3)nc2s1. The van der Waals surface area contributed by atoms with Gasteiger partial charge in [-0.25, -0.2) is 9.50 Å². The van der Waals surface area contributed by atoms with E-state index >= 15 is 0 Å². The molecule has 3 aromatic carbocycles. The molecule has 0 radical (unpaired) electrons. The van der Waals surface area contributed by atoms with Gasteiger partial charge >= 0.3 is 15.6 Å². The van der Waals surface area contributed by atoms with Crippen molar-refractivity contribution < 1.29 is 48.4 Å². The summed E-state index contributed by atoms with van der Waals surface area (Å²) in [6.45, 7) is 0.936. The van der Waals surface area contributed by atoms with E-state index < -0.39 is 32.3 Å². The number of nitrogens with zero attached hydrogens (tertiary/aromatic N) is 3. The van der Waals surface area contributed by atoms with E-state index in [0.29, 0.717) is 36.2 Å². The van der Waals surface area contributed by atoms with E-state index in [9.17, 15) is 30.4 Å². The van der Waals surface area contributed by atoms with Gasteiger partial charge in [0.05, 0.1) is 11.6 Å². The fraction of sp³-hybridized carbons (Fsp3) is 0.172. The van der Waals surface area contributed by atoms with Crippen LogP contribution in [0.5, 0.6) is 17.2 Å². The summed E-state index contributed by atoms with van der Waals surface area (Å²) in [6.07, 6.45) is 1.34. The molecule has 3 aromatic heterocycles. The number of hydrogen-bond acceptors (Lipinski definition) is 9. The highest BCUT2D eigenvalue weighted by Crippen LogP contribution is 2.39. The number of benzene rings is 3. The molecule has 0 aliphatic rings. The third-order valence-corrected chi connectivity index (χ3v) is 8.35. The molecule has 0 amide bonds. The highest BCUT2D eigenvalue weighted by atomic mass is 32.2. The zero-order chi connectivity index (χ0) is 32.0. The van der Waals surface area contributed by atoms with E-state index in [0.717, 1.165) is 22.2 Å². The summed E-state index contributed by atoms with van der Waals surface area (Å²) in [6, 6.07) is 19.8. The zero-order valence-corrected chi connectivity index (χ0v) is 24.6. The molecule has 3 heterocycles. The molecule has 0 bridgehead atoms. The fourth-order valence-electron chi connectivity index (χ4n) is 4.17. The number of rotatable bonds is 10. The second kappa shape index (κ2) is 11.3. The van der Waals surface area contributed by atoms with E-state index in [4.69, 9.17) is 13.9 Å². The first-order valence-corrected chi connectivity index (χ1v) is 15.2. The van der Waals surface area contributed by atoms with Gasteiger partial charge in [-0.2, -0.15) is 35.5 Å². The second-order valence-electron chi connectivity index (χ2n) is 9.79. The normalized spacial score (nSPS) is 12.6. The van der Waals surface area contributed by atoms with Gasteiger partial charge in [-0.15, -0.1) is 0 Å². The summed E-state index contributed by atoms with van der Waals surface area (Å²) in [7, 11) is -6.01. The molecule has 234 valence electrons. The largest absolute Gasteiger partial charge is 0.534 e. The average Bonchev–Trinajstić information content (AvgIpc) is 3.68. The molecule has 9 nitrogen and oxygen atoms in total. The van der Waals surface area contributed by atoms with Gasteiger partial charge in [-0.05, 0) is 29.3 Å². The number of alkyl halides is 5. The lowest BCUT2D eigenvalue weighted by Crippen LogP contribution is -2.28. The van der Waals surface area contributed by atoms with Crippen molar-refractivity contribution in [2.75, 3.05) is 0 Å². The van der Waals surface area contributed by atoms with Crippen LogP contribution in [0.1, 0.15) is 23.1 Å². The summed E-state index contributed by atoms with van der Waals surface area (Å²) in [5.41, 5.74) is -3.99. The van der Waals surface area contributed by atoms with Crippen LogP contribution < -0.4 is 13.7 Å². The Balaban J connectivity index is 1.30. The van der Waals surface area contributed by atoms with E-state index in [1.807, 2.05) is 30.3 Å². The number of ether oxygens (including phenoxy) is 2. The van der Waals surface area contributed by atoms with Gasteiger partial charge < -0.3 is 18.1 Å². The Labute approximate surface area is 255 Å². The smallest absolute Gasteiger partial charge is 0.489 e. The Morgan fingerprint density at radius 2 is 1.62 bits per heavy atom. The van der Waals surface area contributed by atoms with Gasteiger partial charge in [0.25, 0.3) is 5.92 Å². The second-order valence-corrected chi connectivity index (χ2v) is 12.3. The molecule has 45 heavy (non-hydrogen) atoms. The summed E-state index contributed by atoms with van der Waals surface area (Å²) in [5, 5.41) is 3.64. The number of aromatic nitrogens is 3. The van der Waals surface area contributed by atoms with Crippen molar-refractivity contribution >= 4 is 37.4 Å². The molecular formula is C29H20F5N3O6S2. The van der Waals surface area contributed by atoms with Crippen molar-refractivity contribution in [3.05, 3.63) is 95.1 Å². The molecule has 0 aliphatic carbocycles. The van der Waals surface area contributed by atoms with Crippen molar-refractivity contribution in [1.82, 2.24) is 14.6 Å². The standard InChI is InChI=1S/C29H20F5N3O6S2/c1-28(30,31)26-36-37-14-22(35-27(37)44-26)25-13-21-23(11-20(12-24(21)42-25)43-45(38,39)29(32,33)34)41-16-18-8-5-9-19(10-18)40-15-17-6-3-2-4-7-17/h2-14H,15-16H2,1H3. The lowest BCUT2D eigenvalue weighted by Gasteiger charge is -2.13. The topological polar surface area (TPSA) is 105 Å². The van der Waals surface area contributed by atoms with E-state index in [1.54, 1.807) is 24.3 Å². The molecular weight excluding hydrogens is 645 g/mol. The predicted octanol–water partition coefficient (Wildman–Crippen LogP) is 7.70. The Hall–Kier alpha value is -4.70. The van der Waals surface area contributed by atoms with Crippen LogP contribution in [-0.4, -0.2) is 28.5 Å². The summed E-state index contributed by atoms with van der Waals surface area (Å²) in [5.74, 6) is -3.31. The minimum absolute atomic E-state index is 0.0578. The lowest BCUT2D eigenvalue weighted by atomic mass is 10.2. The van der Waals surface area contributed by atoms with Gasteiger partial charge in [-0.3, -0.25) is 0 Å². The maximum Gasteiger partial charge on any atom is 0.534 e. The fourth-order valence-corrected chi connectivity index (χ4v) is 5.43. The minimum Gasteiger partial charge on any atom is -0.489 e. The molecule has 6 aromatic rings. The van der Waals surface area contributed by atoms with Gasteiger partial charge in [0.2, 0.25) is 4.96 Å². The van der Waals surface area contributed by atoms with E-state index in [2.05, 4.69) is 14.3 Å². The van der Waals surface area contributed by atoms with Crippen LogP contribution in [0.3, 0.4) is 0 Å². The molecule has 0 unspecified atom stereocenters. The van der Waals surface area contributed by atoms with Crippen LogP contribution in [-0.2, 0) is 29.3 Å². The first kappa shape index (κ1) is 30.3. The van der Waals surface area contributed by atoms with Gasteiger partial charge in [-0.1, -0.05) is 53.8 Å². The van der Waals surface area contributed by atoms with E-state index in [1.165, 1.54) is 12.3 Å². The molecule has 0 saturated carbocycles. The molecule has 0 atom stereocenters. The summed E-state index contributed by atoms with van der Waals surface area (Å²) in [4.78, 5) is 4.41. The number of hydrogen-bond donors (Lipinski definition) is 0. The molecule has 0 saturated heterocycles.